The fourth-order valence-electron chi connectivity index (χ4n) is 1.46. The summed E-state index contributed by atoms with van der Waals surface area (Å²) in [6.07, 6.45) is 1.41. The molecule has 0 fully saturated rings. The van der Waals surface area contributed by atoms with Gasteiger partial charge in [0.05, 0.1) is 12.0 Å². The fourth-order valence-corrected chi connectivity index (χ4v) is 1.46. The van der Waals surface area contributed by atoms with Crippen LogP contribution in [-0.4, -0.2) is 18.1 Å². The molecule has 1 aromatic carbocycles. The van der Waals surface area contributed by atoms with E-state index in [4.69, 9.17) is 10.5 Å². The number of non-ortho nitro benzene ring substituents is 1. The van der Waals surface area contributed by atoms with Crippen LogP contribution in [-0.2, 0) is 6.42 Å². The van der Waals surface area contributed by atoms with Crippen molar-refractivity contribution in [3.05, 3.63) is 33.9 Å². The second kappa shape index (κ2) is 5.46. The molecule has 0 aromatic heterocycles. The first-order valence-corrected chi connectivity index (χ1v) is 5.15. The van der Waals surface area contributed by atoms with E-state index in [1.165, 1.54) is 12.1 Å². The van der Waals surface area contributed by atoms with Gasteiger partial charge in [-0.05, 0) is 18.9 Å². The molecule has 1 aromatic rings. The number of hydrogen-bond acceptors (Lipinski definition) is 4. The van der Waals surface area contributed by atoms with Gasteiger partial charge in [-0.2, -0.15) is 0 Å². The van der Waals surface area contributed by atoms with Crippen molar-refractivity contribution in [1.29, 1.82) is 0 Å². The highest BCUT2D eigenvalue weighted by Gasteiger charge is 2.13. The summed E-state index contributed by atoms with van der Waals surface area (Å²) < 4.78 is 5.15. The lowest BCUT2D eigenvalue weighted by molar-refractivity contribution is -0.384. The Labute approximate surface area is 94.4 Å². The molecule has 1 rings (SSSR count). The molecule has 5 nitrogen and oxygen atoms in total. The number of benzene rings is 1. The van der Waals surface area contributed by atoms with Crippen LogP contribution in [0.2, 0.25) is 0 Å². The number of nitrogens with zero attached hydrogens (tertiary/aromatic N) is 1. The maximum Gasteiger partial charge on any atom is 0.269 e. The van der Waals surface area contributed by atoms with E-state index >= 15 is 0 Å². The molecule has 5 heteroatoms. The van der Waals surface area contributed by atoms with Crippen molar-refractivity contribution in [2.75, 3.05) is 7.11 Å². The topological polar surface area (TPSA) is 78.4 Å². The normalized spacial score (nSPS) is 12.2. The van der Waals surface area contributed by atoms with E-state index in [1.807, 2.05) is 6.92 Å². The van der Waals surface area contributed by atoms with Gasteiger partial charge in [-0.25, -0.2) is 0 Å². The van der Waals surface area contributed by atoms with Crippen molar-refractivity contribution in [3.63, 3.8) is 0 Å². The summed E-state index contributed by atoms with van der Waals surface area (Å²) in [5.41, 5.74) is 6.68. The monoisotopic (exact) mass is 224 g/mol. The summed E-state index contributed by atoms with van der Waals surface area (Å²) >= 11 is 0. The van der Waals surface area contributed by atoms with Gasteiger partial charge >= 0.3 is 0 Å². The van der Waals surface area contributed by atoms with Crippen LogP contribution >= 0.6 is 0 Å². The number of methoxy groups -OCH3 is 1. The highest BCUT2D eigenvalue weighted by atomic mass is 16.6. The van der Waals surface area contributed by atoms with Crippen LogP contribution in [0.5, 0.6) is 5.75 Å². The van der Waals surface area contributed by atoms with Gasteiger partial charge in [0.2, 0.25) is 0 Å². The molecule has 0 aliphatic heterocycles. The summed E-state index contributed by atoms with van der Waals surface area (Å²) in [5, 5.41) is 10.6. The van der Waals surface area contributed by atoms with Crippen LogP contribution < -0.4 is 10.5 Å². The van der Waals surface area contributed by atoms with Gasteiger partial charge < -0.3 is 10.5 Å². The van der Waals surface area contributed by atoms with E-state index in [0.717, 1.165) is 12.0 Å². The van der Waals surface area contributed by atoms with Gasteiger partial charge in [0, 0.05) is 23.7 Å². The van der Waals surface area contributed by atoms with E-state index in [0.29, 0.717) is 12.2 Å². The molecular formula is C11H16N2O3. The molecule has 16 heavy (non-hydrogen) atoms. The fraction of sp³-hybridized carbons (Fsp3) is 0.455. The van der Waals surface area contributed by atoms with E-state index < -0.39 is 4.92 Å². The lowest BCUT2D eigenvalue weighted by Gasteiger charge is -2.12. The Balaban J connectivity index is 3.02. The second-order valence-electron chi connectivity index (χ2n) is 3.63. The predicted octanol–water partition coefficient (Wildman–Crippen LogP) is 1.88. The van der Waals surface area contributed by atoms with Crippen molar-refractivity contribution >= 4 is 5.69 Å². The van der Waals surface area contributed by atoms with Crippen LogP contribution in [0.3, 0.4) is 0 Å². The molecule has 88 valence electrons. The smallest absolute Gasteiger partial charge is 0.269 e. The average Bonchev–Trinajstić information content (AvgIpc) is 2.28. The molecule has 0 heterocycles. The molecule has 0 saturated carbocycles. The standard InChI is InChI=1S/C11H16N2O3/c1-3-9(12)6-8-7-10(13(14)15)4-5-11(8)16-2/h4-5,7,9H,3,6,12H2,1-2H3. The van der Waals surface area contributed by atoms with Gasteiger partial charge in [-0.3, -0.25) is 10.1 Å². The van der Waals surface area contributed by atoms with Crippen LogP contribution in [0.4, 0.5) is 5.69 Å². The maximum absolute atomic E-state index is 10.6. The van der Waals surface area contributed by atoms with Crippen LogP contribution in [0.25, 0.3) is 0 Å². The highest BCUT2D eigenvalue weighted by molar-refractivity contribution is 5.44. The molecule has 0 bridgehead atoms. The zero-order valence-electron chi connectivity index (χ0n) is 9.47. The summed E-state index contributed by atoms with van der Waals surface area (Å²) in [4.78, 5) is 10.2. The molecule has 0 spiro atoms. The number of nitro benzene ring substituents is 1. The average molecular weight is 224 g/mol. The van der Waals surface area contributed by atoms with Crippen molar-refractivity contribution in [1.82, 2.24) is 0 Å². The van der Waals surface area contributed by atoms with Crippen LogP contribution in [0.1, 0.15) is 18.9 Å². The minimum atomic E-state index is -0.416. The second-order valence-corrected chi connectivity index (χ2v) is 3.63. The van der Waals surface area contributed by atoms with Gasteiger partial charge in [0.15, 0.2) is 0 Å². The van der Waals surface area contributed by atoms with Crippen molar-refractivity contribution in [3.8, 4) is 5.75 Å². The molecule has 2 N–H and O–H groups in total. The molecule has 0 radical (unpaired) electrons. The number of ether oxygens (including phenoxy) is 1. The van der Waals surface area contributed by atoms with Crippen molar-refractivity contribution < 1.29 is 9.66 Å². The van der Waals surface area contributed by atoms with Crippen LogP contribution in [0, 0.1) is 10.1 Å². The van der Waals surface area contributed by atoms with Crippen LogP contribution in [0.15, 0.2) is 18.2 Å². The molecule has 1 atom stereocenters. The van der Waals surface area contributed by atoms with Gasteiger partial charge in [-0.1, -0.05) is 6.92 Å². The maximum atomic E-state index is 10.6. The number of rotatable bonds is 5. The first-order valence-electron chi connectivity index (χ1n) is 5.15. The van der Waals surface area contributed by atoms with Gasteiger partial charge in [0.1, 0.15) is 5.75 Å². The third-order valence-corrected chi connectivity index (χ3v) is 2.48. The Bertz CT molecular complexity index is 379. The quantitative estimate of drug-likeness (QED) is 0.611. The van der Waals surface area contributed by atoms with E-state index in [2.05, 4.69) is 0 Å². The first kappa shape index (κ1) is 12.4. The minimum Gasteiger partial charge on any atom is -0.496 e. The predicted molar refractivity (Wildman–Crippen MR) is 61.6 cm³/mol. The Morgan fingerprint density at radius 2 is 2.25 bits per heavy atom. The van der Waals surface area contributed by atoms with Crippen molar-refractivity contribution in [2.24, 2.45) is 5.73 Å². The largest absolute Gasteiger partial charge is 0.496 e. The lowest BCUT2D eigenvalue weighted by Crippen LogP contribution is -2.21. The van der Waals surface area contributed by atoms with Gasteiger partial charge in [-0.15, -0.1) is 0 Å². The SMILES string of the molecule is CCC(N)Cc1cc([N+](=O)[O-])ccc1OC. The van der Waals surface area contributed by atoms with E-state index in [-0.39, 0.29) is 11.7 Å². The summed E-state index contributed by atoms with van der Waals surface area (Å²) in [5.74, 6) is 0.648. The molecule has 0 saturated heterocycles. The number of nitro groups is 1. The minimum absolute atomic E-state index is 0.00379. The lowest BCUT2D eigenvalue weighted by atomic mass is 10.0. The zero-order valence-corrected chi connectivity index (χ0v) is 9.47. The van der Waals surface area contributed by atoms with Crippen molar-refractivity contribution in [2.45, 2.75) is 25.8 Å². The molecule has 0 amide bonds. The highest BCUT2D eigenvalue weighted by Crippen LogP contribution is 2.25. The Hall–Kier alpha value is -1.62. The van der Waals surface area contributed by atoms with E-state index in [9.17, 15) is 10.1 Å². The summed E-state index contributed by atoms with van der Waals surface area (Å²) in [6, 6.07) is 4.56. The number of nitrogens with two attached hydrogens (primary N) is 1. The number of hydrogen-bond donors (Lipinski definition) is 1. The van der Waals surface area contributed by atoms with Gasteiger partial charge in [0.25, 0.3) is 5.69 Å². The zero-order chi connectivity index (χ0) is 12.1. The summed E-state index contributed by atoms with van der Waals surface area (Å²) in [6.45, 7) is 1.98. The Kier molecular flexibility index (Phi) is 4.25. The third kappa shape index (κ3) is 2.93. The van der Waals surface area contributed by atoms with E-state index in [1.54, 1.807) is 13.2 Å². The first-order chi connectivity index (χ1) is 7.58. The molecule has 0 aliphatic carbocycles. The Morgan fingerprint density at radius 3 is 2.75 bits per heavy atom. The molecule has 0 aliphatic rings. The molecule has 1 unspecified atom stereocenters. The Morgan fingerprint density at radius 1 is 1.56 bits per heavy atom. The third-order valence-electron chi connectivity index (χ3n) is 2.48. The summed E-state index contributed by atoms with van der Waals surface area (Å²) in [7, 11) is 1.54. The molecular weight excluding hydrogens is 208 g/mol.